The van der Waals surface area contributed by atoms with E-state index in [1.165, 1.54) is 0 Å². The lowest BCUT2D eigenvalue weighted by atomic mass is 10.1. The summed E-state index contributed by atoms with van der Waals surface area (Å²) in [5, 5.41) is 5.68. The summed E-state index contributed by atoms with van der Waals surface area (Å²) in [4.78, 5) is 11.9. The van der Waals surface area contributed by atoms with Crippen LogP contribution in [0.4, 0.5) is 0 Å². The number of nitrogens with one attached hydrogen (secondary N) is 1. The molecule has 2 aromatic rings. The molecule has 0 aromatic heterocycles. The van der Waals surface area contributed by atoms with Crippen LogP contribution in [-0.4, -0.2) is 18.2 Å². The zero-order valence-corrected chi connectivity index (χ0v) is 16.8. The summed E-state index contributed by atoms with van der Waals surface area (Å²) in [5.41, 5.74) is 4.93. The summed E-state index contributed by atoms with van der Waals surface area (Å²) in [6, 6.07) is 10.6. The number of hydrogen-bond donors (Lipinski definition) is 1. The maximum atomic E-state index is 11.9. The molecule has 0 saturated carbocycles. The zero-order valence-electron chi connectivity index (χ0n) is 14.5. The van der Waals surface area contributed by atoms with E-state index in [1.54, 1.807) is 31.2 Å². The number of carbonyl (C=O) groups excluding carboxylic acids is 1. The normalized spacial score (nSPS) is 11.3. The van der Waals surface area contributed by atoms with Gasteiger partial charge in [0.15, 0.2) is 0 Å². The summed E-state index contributed by atoms with van der Waals surface area (Å²) in [6.45, 7) is 4.14. The van der Waals surface area contributed by atoms with Crippen LogP contribution in [0.2, 0.25) is 15.1 Å². The van der Waals surface area contributed by atoms with E-state index < -0.39 is 0 Å². The van der Waals surface area contributed by atoms with E-state index in [2.05, 4.69) is 10.5 Å². The van der Waals surface area contributed by atoms with E-state index >= 15 is 0 Å². The summed E-state index contributed by atoms with van der Waals surface area (Å²) in [5.74, 6) is 0.587. The Morgan fingerprint density at radius 3 is 2.58 bits per heavy atom. The van der Waals surface area contributed by atoms with Crippen molar-refractivity contribution in [3.8, 4) is 5.75 Å². The molecular formula is C19H19Cl3N2O2. The van der Waals surface area contributed by atoms with Gasteiger partial charge in [0.2, 0.25) is 5.91 Å². The number of nitrogens with zero attached hydrogens (tertiary/aromatic N) is 1. The molecule has 1 N–H and O–H groups in total. The average molecular weight is 414 g/mol. The fraction of sp³-hybridized carbons (Fsp3) is 0.263. The van der Waals surface area contributed by atoms with Crippen LogP contribution < -0.4 is 10.2 Å². The lowest BCUT2D eigenvalue weighted by molar-refractivity contribution is -0.121. The highest BCUT2D eigenvalue weighted by molar-refractivity contribution is 6.42. The van der Waals surface area contributed by atoms with Crippen LogP contribution in [0.3, 0.4) is 0 Å². The minimum atomic E-state index is -0.180. The monoisotopic (exact) mass is 412 g/mol. The Morgan fingerprint density at radius 2 is 1.88 bits per heavy atom. The predicted molar refractivity (Wildman–Crippen MR) is 108 cm³/mol. The number of hydrazone groups is 1. The Balaban J connectivity index is 1.76. The first-order chi connectivity index (χ1) is 12.4. The van der Waals surface area contributed by atoms with E-state index in [0.717, 1.165) is 16.9 Å². The van der Waals surface area contributed by atoms with Crippen molar-refractivity contribution in [1.29, 1.82) is 0 Å². The van der Waals surface area contributed by atoms with E-state index in [0.29, 0.717) is 40.2 Å². The first-order valence-corrected chi connectivity index (χ1v) is 9.17. The number of benzene rings is 2. The van der Waals surface area contributed by atoms with Gasteiger partial charge in [0, 0.05) is 11.4 Å². The quantitative estimate of drug-likeness (QED) is 0.362. The van der Waals surface area contributed by atoms with Crippen LogP contribution in [0.15, 0.2) is 41.5 Å². The molecule has 4 nitrogen and oxygen atoms in total. The van der Waals surface area contributed by atoms with Crippen molar-refractivity contribution in [1.82, 2.24) is 5.43 Å². The highest BCUT2D eigenvalue weighted by Crippen LogP contribution is 2.23. The topological polar surface area (TPSA) is 50.7 Å². The lowest BCUT2D eigenvalue weighted by Crippen LogP contribution is -2.19. The number of rotatable bonds is 7. The fourth-order valence-electron chi connectivity index (χ4n) is 2.18. The van der Waals surface area contributed by atoms with Gasteiger partial charge in [-0.1, -0.05) is 40.9 Å². The van der Waals surface area contributed by atoms with E-state index in [9.17, 15) is 4.79 Å². The van der Waals surface area contributed by atoms with Gasteiger partial charge in [-0.15, -0.1) is 0 Å². The first kappa shape index (κ1) is 20.6. The number of ether oxygens (including phenoxy) is 1. The third-order valence-electron chi connectivity index (χ3n) is 3.63. The minimum absolute atomic E-state index is 0.180. The number of amides is 1. The summed E-state index contributed by atoms with van der Waals surface area (Å²) in [6.07, 6.45) is 0.889. The molecule has 2 rings (SSSR count). The van der Waals surface area contributed by atoms with Crippen LogP contribution >= 0.6 is 34.8 Å². The molecule has 0 radical (unpaired) electrons. The molecule has 0 bridgehead atoms. The van der Waals surface area contributed by atoms with Crippen LogP contribution in [0.5, 0.6) is 5.75 Å². The third-order valence-corrected chi connectivity index (χ3v) is 4.60. The molecule has 0 aliphatic carbocycles. The van der Waals surface area contributed by atoms with Gasteiger partial charge >= 0.3 is 0 Å². The molecule has 0 heterocycles. The standard InChI is InChI=1S/C19H19Cl3N2O2/c1-12-10-15(20)6-8-18(12)26-9-3-4-19(25)24-23-13(2)14-5-7-16(21)17(22)11-14/h5-8,10-11H,3-4,9H2,1-2H3,(H,24,25). The number of aryl methyl sites for hydroxylation is 1. The highest BCUT2D eigenvalue weighted by atomic mass is 35.5. The van der Waals surface area contributed by atoms with Gasteiger partial charge in [0.05, 0.1) is 22.4 Å². The van der Waals surface area contributed by atoms with Gasteiger partial charge in [-0.3, -0.25) is 4.79 Å². The molecule has 0 atom stereocenters. The van der Waals surface area contributed by atoms with Crippen LogP contribution in [-0.2, 0) is 4.79 Å². The maximum absolute atomic E-state index is 11.9. The van der Waals surface area contributed by atoms with Gasteiger partial charge in [-0.25, -0.2) is 5.43 Å². The van der Waals surface area contributed by atoms with Crippen molar-refractivity contribution in [3.05, 3.63) is 62.6 Å². The molecule has 26 heavy (non-hydrogen) atoms. The molecular weight excluding hydrogens is 395 g/mol. The third kappa shape index (κ3) is 6.20. The lowest BCUT2D eigenvalue weighted by Gasteiger charge is -2.09. The van der Waals surface area contributed by atoms with Gasteiger partial charge < -0.3 is 4.74 Å². The van der Waals surface area contributed by atoms with Crippen LogP contribution in [0.25, 0.3) is 0 Å². The average Bonchev–Trinajstić information content (AvgIpc) is 2.60. The smallest absolute Gasteiger partial charge is 0.240 e. The van der Waals surface area contributed by atoms with Crippen molar-refractivity contribution in [2.75, 3.05) is 6.61 Å². The maximum Gasteiger partial charge on any atom is 0.240 e. The number of carbonyl (C=O) groups is 1. The Labute approximate surface area is 168 Å². The first-order valence-electron chi connectivity index (χ1n) is 8.04. The van der Waals surface area contributed by atoms with Crippen LogP contribution in [0, 0.1) is 6.92 Å². The zero-order chi connectivity index (χ0) is 19.1. The second-order valence-electron chi connectivity index (χ2n) is 5.72. The molecule has 2 aromatic carbocycles. The van der Waals surface area contributed by atoms with E-state index in [4.69, 9.17) is 39.5 Å². The van der Waals surface area contributed by atoms with Crippen molar-refractivity contribution in [2.24, 2.45) is 5.10 Å². The van der Waals surface area contributed by atoms with Gasteiger partial charge in [-0.2, -0.15) is 5.10 Å². The second-order valence-corrected chi connectivity index (χ2v) is 6.97. The van der Waals surface area contributed by atoms with Crippen molar-refractivity contribution < 1.29 is 9.53 Å². The molecule has 0 aliphatic heterocycles. The van der Waals surface area contributed by atoms with E-state index in [1.807, 2.05) is 19.1 Å². The van der Waals surface area contributed by atoms with Gasteiger partial charge in [0.25, 0.3) is 0 Å². The Bertz CT molecular complexity index is 822. The molecule has 0 aliphatic rings. The van der Waals surface area contributed by atoms with Crippen LogP contribution in [0.1, 0.15) is 30.9 Å². The summed E-state index contributed by atoms with van der Waals surface area (Å²) < 4.78 is 5.66. The highest BCUT2D eigenvalue weighted by Gasteiger charge is 2.05. The molecule has 7 heteroatoms. The predicted octanol–water partition coefficient (Wildman–Crippen LogP) is 5.65. The Kier molecular flexibility index (Phi) is 7.76. The molecule has 138 valence electrons. The van der Waals surface area contributed by atoms with Crippen molar-refractivity contribution in [3.63, 3.8) is 0 Å². The molecule has 0 spiro atoms. The fourth-order valence-corrected chi connectivity index (χ4v) is 2.70. The minimum Gasteiger partial charge on any atom is -0.493 e. The Hall–Kier alpha value is -1.75. The molecule has 0 unspecified atom stereocenters. The SMILES string of the molecule is CC(=NNC(=O)CCCOc1ccc(Cl)cc1C)c1ccc(Cl)c(Cl)c1. The largest absolute Gasteiger partial charge is 0.493 e. The molecule has 0 saturated heterocycles. The summed E-state index contributed by atoms with van der Waals surface area (Å²) in [7, 11) is 0. The van der Waals surface area contributed by atoms with E-state index in [-0.39, 0.29) is 5.91 Å². The molecule has 1 amide bonds. The summed E-state index contributed by atoms with van der Waals surface area (Å²) >= 11 is 17.8. The number of hydrogen-bond acceptors (Lipinski definition) is 3. The van der Waals surface area contributed by atoms with Gasteiger partial charge in [0.1, 0.15) is 5.75 Å². The Morgan fingerprint density at radius 1 is 1.12 bits per heavy atom. The molecule has 0 fully saturated rings. The second kappa shape index (κ2) is 9.81. The van der Waals surface area contributed by atoms with Crippen molar-refractivity contribution >= 4 is 46.4 Å². The number of halogens is 3. The van der Waals surface area contributed by atoms with Crippen molar-refractivity contribution in [2.45, 2.75) is 26.7 Å². The van der Waals surface area contributed by atoms with Gasteiger partial charge in [-0.05, 0) is 61.7 Å².